The van der Waals surface area contributed by atoms with E-state index in [4.69, 9.17) is 4.74 Å². The normalized spacial score (nSPS) is 34.2. The Morgan fingerprint density at radius 2 is 2.20 bits per heavy atom. The third-order valence-electron chi connectivity index (χ3n) is 2.12. The highest BCUT2D eigenvalue weighted by molar-refractivity contribution is 4.73. The molecule has 2 nitrogen and oxygen atoms in total. The lowest BCUT2D eigenvalue weighted by Crippen LogP contribution is -2.45. The van der Waals surface area contributed by atoms with Gasteiger partial charge >= 0.3 is 0 Å². The Labute approximate surface area is 63.0 Å². The topological polar surface area (TPSA) is 21.3 Å². The first-order chi connectivity index (χ1) is 4.86. The summed E-state index contributed by atoms with van der Waals surface area (Å²) in [5.74, 6) is 0. The second kappa shape index (κ2) is 3.94. The van der Waals surface area contributed by atoms with Crippen molar-refractivity contribution < 1.29 is 4.74 Å². The van der Waals surface area contributed by atoms with Gasteiger partial charge in [-0.15, -0.1) is 0 Å². The molecule has 1 aliphatic rings. The SMILES string of the molecule is CCC1COC(CC)CN1. The number of nitrogens with one attached hydrogen (secondary N) is 1. The van der Waals surface area contributed by atoms with Gasteiger partial charge in [0.25, 0.3) is 0 Å². The molecule has 1 fully saturated rings. The lowest BCUT2D eigenvalue weighted by atomic mass is 10.1. The van der Waals surface area contributed by atoms with Gasteiger partial charge in [-0.05, 0) is 12.8 Å². The van der Waals surface area contributed by atoms with Gasteiger partial charge < -0.3 is 10.1 Å². The minimum atomic E-state index is 0.461. The van der Waals surface area contributed by atoms with Gasteiger partial charge in [-0.25, -0.2) is 0 Å². The van der Waals surface area contributed by atoms with E-state index in [2.05, 4.69) is 19.2 Å². The van der Waals surface area contributed by atoms with Crippen LogP contribution in [-0.4, -0.2) is 25.3 Å². The fourth-order valence-corrected chi connectivity index (χ4v) is 1.19. The van der Waals surface area contributed by atoms with Crippen LogP contribution in [0.3, 0.4) is 0 Å². The van der Waals surface area contributed by atoms with Crippen LogP contribution in [0, 0.1) is 0 Å². The summed E-state index contributed by atoms with van der Waals surface area (Å²) in [6.45, 7) is 6.29. The molecule has 0 amide bonds. The third-order valence-corrected chi connectivity index (χ3v) is 2.12. The minimum absolute atomic E-state index is 0.461. The second-order valence-corrected chi connectivity index (χ2v) is 2.88. The van der Waals surface area contributed by atoms with Gasteiger partial charge in [-0.2, -0.15) is 0 Å². The van der Waals surface area contributed by atoms with Crippen LogP contribution in [0.1, 0.15) is 26.7 Å². The van der Waals surface area contributed by atoms with Gasteiger partial charge in [-0.3, -0.25) is 0 Å². The molecule has 0 bridgehead atoms. The van der Waals surface area contributed by atoms with E-state index in [1.165, 1.54) is 6.42 Å². The Morgan fingerprint density at radius 3 is 2.60 bits per heavy atom. The van der Waals surface area contributed by atoms with E-state index < -0.39 is 0 Å². The second-order valence-electron chi connectivity index (χ2n) is 2.88. The van der Waals surface area contributed by atoms with E-state index in [0.29, 0.717) is 12.1 Å². The first-order valence-electron chi connectivity index (χ1n) is 4.21. The van der Waals surface area contributed by atoms with Crippen molar-refractivity contribution in [2.75, 3.05) is 13.2 Å². The zero-order chi connectivity index (χ0) is 7.40. The van der Waals surface area contributed by atoms with Crippen molar-refractivity contribution >= 4 is 0 Å². The lowest BCUT2D eigenvalue weighted by molar-refractivity contribution is 0.00190. The van der Waals surface area contributed by atoms with Crippen molar-refractivity contribution in [1.29, 1.82) is 0 Å². The van der Waals surface area contributed by atoms with Crippen LogP contribution in [0.2, 0.25) is 0 Å². The van der Waals surface area contributed by atoms with Gasteiger partial charge in [-0.1, -0.05) is 13.8 Å². The molecule has 0 aromatic heterocycles. The predicted molar refractivity (Wildman–Crippen MR) is 42.1 cm³/mol. The molecule has 0 radical (unpaired) electrons. The fourth-order valence-electron chi connectivity index (χ4n) is 1.19. The van der Waals surface area contributed by atoms with Crippen LogP contribution >= 0.6 is 0 Å². The molecule has 1 aliphatic heterocycles. The van der Waals surface area contributed by atoms with Gasteiger partial charge in [0.15, 0.2) is 0 Å². The van der Waals surface area contributed by atoms with Crippen molar-refractivity contribution in [3.05, 3.63) is 0 Å². The van der Waals surface area contributed by atoms with E-state index in [9.17, 15) is 0 Å². The highest BCUT2D eigenvalue weighted by Crippen LogP contribution is 2.05. The van der Waals surface area contributed by atoms with Crippen molar-refractivity contribution in [2.24, 2.45) is 0 Å². The van der Waals surface area contributed by atoms with Gasteiger partial charge in [0.05, 0.1) is 12.7 Å². The first kappa shape index (κ1) is 8.02. The molecule has 60 valence electrons. The van der Waals surface area contributed by atoms with Gasteiger partial charge in [0.1, 0.15) is 0 Å². The Kier molecular flexibility index (Phi) is 3.16. The average molecular weight is 143 g/mol. The lowest BCUT2D eigenvalue weighted by Gasteiger charge is -2.28. The van der Waals surface area contributed by atoms with Crippen LogP contribution in [0.25, 0.3) is 0 Å². The third kappa shape index (κ3) is 1.96. The van der Waals surface area contributed by atoms with Crippen molar-refractivity contribution in [2.45, 2.75) is 38.8 Å². The quantitative estimate of drug-likeness (QED) is 0.626. The van der Waals surface area contributed by atoms with Crippen molar-refractivity contribution in [3.63, 3.8) is 0 Å². The molecule has 0 aliphatic carbocycles. The smallest absolute Gasteiger partial charge is 0.0697 e. The highest BCUT2D eigenvalue weighted by Gasteiger charge is 2.17. The molecule has 2 atom stereocenters. The average Bonchev–Trinajstić information content (AvgIpc) is 2.05. The molecule has 1 rings (SSSR count). The fraction of sp³-hybridized carbons (Fsp3) is 1.00. The van der Waals surface area contributed by atoms with E-state index in [0.717, 1.165) is 19.6 Å². The van der Waals surface area contributed by atoms with E-state index in [-0.39, 0.29) is 0 Å². The summed E-state index contributed by atoms with van der Waals surface area (Å²) in [5.41, 5.74) is 0. The maximum absolute atomic E-state index is 5.57. The summed E-state index contributed by atoms with van der Waals surface area (Å²) in [6, 6.07) is 0.600. The van der Waals surface area contributed by atoms with Crippen LogP contribution in [0.5, 0.6) is 0 Å². The van der Waals surface area contributed by atoms with Gasteiger partial charge in [0, 0.05) is 12.6 Å². The standard InChI is InChI=1S/C8H17NO/c1-3-7-6-10-8(4-2)5-9-7/h7-9H,3-6H2,1-2H3. The molecule has 2 unspecified atom stereocenters. The van der Waals surface area contributed by atoms with Crippen molar-refractivity contribution in [1.82, 2.24) is 5.32 Å². The summed E-state index contributed by atoms with van der Waals surface area (Å²) >= 11 is 0. The maximum atomic E-state index is 5.57. The van der Waals surface area contributed by atoms with Gasteiger partial charge in [0.2, 0.25) is 0 Å². The number of rotatable bonds is 2. The van der Waals surface area contributed by atoms with Crippen LogP contribution in [0.15, 0.2) is 0 Å². The van der Waals surface area contributed by atoms with E-state index in [1.807, 2.05) is 0 Å². The molecule has 0 aromatic carbocycles. The molecule has 1 saturated heterocycles. The largest absolute Gasteiger partial charge is 0.375 e. The van der Waals surface area contributed by atoms with Crippen LogP contribution in [0.4, 0.5) is 0 Å². The monoisotopic (exact) mass is 143 g/mol. The number of hydrogen-bond acceptors (Lipinski definition) is 2. The van der Waals surface area contributed by atoms with Crippen molar-refractivity contribution in [3.8, 4) is 0 Å². The van der Waals surface area contributed by atoms with E-state index >= 15 is 0 Å². The summed E-state index contributed by atoms with van der Waals surface area (Å²) in [6.07, 6.45) is 2.77. The predicted octanol–water partition coefficient (Wildman–Crippen LogP) is 1.16. The Balaban J connectivity index is 2.17. The van der Waals surface area contributed by atoms with Crippen LogP contribution < -0.4 is 5.32 Å². The summed E-state index contributed by atoms with van der Waals surface area (Å²) in [7, 11) is 0. The molecular formula is C8H17NO. The maximum Gasteiger partial charge on any atom is 0.0697 e. The molecule has 0 spiro atoms. The first-order valence-corrected chi connectivity index (χ1v) is 4.21. The number of ether oxygens (including phenoxy) is 1. The zero-order valence-electron chi connectivity index (χ0n) is 6.89. The van der Waals surface area contributed by atoms with Crippen LogP contribution in [-0.2, 0) is 4.74 Å². The Morgan fingerprint density at radius 1 is 1.40 bits per heavy atom. The highest BCUT2D eigenvalue weighted by atomic mass is 16.5. The minimum Gasteiger partial charge on any atom is -0.375 e. The molecule has 0 aromatic rings. The Bertz CT molecular complexity index is 75.3. The van der Waals surface area contributed by atoms with E-state index in [1.54, 1.807) is 0 Å². The molecular weight excluding hydrogens is 126 g/mol. The molecule has 1 heterocycles. The summed E-state index contributed by atoms with van der Waals surface area (Å²) < 4.78 is 5.57. The molecule has 10 heavy (non-hydrogen) atoms. The summed E-state index contributed by atoms with van der Waals surface area (Å²) in [5, 5.41) is 3.44. The molecule has 1 N–H and O–H groups in total. The summed E-state index contributed by atoms with van der Waals surface area (Å²) in [4.78, 5) is 0. The zero-order valence-corrected chi connectivity index (χ0v) is 6.89. The Hall–Kier alpha value is -0.0800. The number of hydrogen-bond donors (Lipinski definition) is 1. The molecule has 0 saturated carbocycles. The number of morpholine rings is 1. The molecule has 2 heteroatoms.